The maximum absolute atomic E-state index is 12.5. The van der Waals surface area contributed by atoms with Crippen molar-refractivity contribution in [3.05, 3.63) is 129 Å². The van der Waals surface area contributed by atoms with Gasteiger partial charge in [-0.15, -0.1) is 0 Å². The van der Waals surface area contributed by atoms with Gasteiger partial charge in [0.1, 0.15) is 33.7 Å². The first-order valence-electron chi connectivity index (χ1n) is 20.4. The predicted molar refractivity (Wildman–Crippen MR) is 233 cm³/mol. The van der Waals surface area contributed by atoms with E-state index in [1.165, 1.54) is 0 Å². The largest absolute Gasteiger partial charge is 0.506 e. The highest BCUT2D eigenvalue weighted by Crippen LogP contribution is 2.27. The molecule has 0 atom stereocenters. The number of ether oxygens (including phenoxy) is 3. The molecule has 8 rings (SSSR count). The van der Waals surface area contributed by atoms with E-state index >= 15 is 0 Å². The van der Waals surface area contributed by atoms with Gasteiger partial charge in [0, 0.05) is 44.6 Å². The molecule has 2 aliphatic rings. The number of aliphatic hydroxyl groups excluding tert-OH is 1. The standard InChI is InChI=1S/C23H27N3O4.C14H12N2O2.C9H17NO3/c1-23(2,3)30-22(28)25-12-17(13-25)15-29-19-11-7-10-18-20(19)24-21(27)26(18)14-16-8-5-4-6-9-16;17-12-8-4-7-11-13(12)15-14(18)16(11)9-10-5-2-1-3-6-10;1-9(2,3)13-8(12)10-4-7(5-10)6-11/h4-11,17H,12-15H2,1-3H3,(H,24,27);1-8,17H,9H2,(H,15,18);7,11H,4-6H2,1-3H3. The van der Waals surface area contributed by atoms with Crippen LogP contribution in [-0.4, -0.2) is 102 Å². The number of aromatic nitrogens is 4. The van der Waals surface area contributed by atoms with Crippen molar-refractivity contribution in [2.45, 2.75) is 65.8 Å². The molecule has 0 spiro atoms. The van der Waals surface area contributed by atoms with Gasteiger partial charge in [-0.1, -0.05) is 72.8 Å². The molecule has 15 nitrogen and oxygen atoms in total. The van der Waals surface area contributed by atoms with Crippen LogP contribution in [0.15, 0.2) is 107 Å². The second-order valence-electron chi connectivity index (χ2n) is 17.3. The molecule has 6 aromatic rings. The Morgan fingerprint density at radius 1 is 0.623 bits per heavy atom. The van der Waals surface area contributed by atoms with Crippen molar-refractivity contribution in [3.8, 4) is 11.5 Å². The minimum Gasteiger partial charge on any atom is -0.506 e. The minimum atomic E-state index is -0.493. The molecule has 324 valence electrons. The summed E-state index contributed by atoms with van der Waals surface area (Å²) < 4.78 is 19.9. The summed E-state index contributed by atoms with van der Waals surface area (Å²) in [6, 6.07) is 30.4. The number of nitrogens with one attached hydrogen (secondary N) is 2. The summed E-state index contributed by atoms with van der Waals surface area (Å²) in [5.74, 6) is 1.22. The average molecular weight is 837 g/mol. The van der Waals surface area contributed by atoms with Crippen molar-refractivity contribution < 1.29 is 34.0 Å². The molecule has 0 bridgehead atoms. The van der Waals surface area contributed by atoms with Gasteiger partial charge in [0.25, 0.3) is 0 Å². The Balaban J connectivity index is 0.000000170. The first-order valence-corrected chi connectivity index (χ1v) is 20.4. The van der Waals surface area contributed by atoms with Crippen LogP contribution >= 0.6 is 0 Å². The number of carbonyl (C=O) groups is 2. The van der Waals surface area contributed by atoms with E-state index in [2.05, 4.69) is 9.97 Å². The summed E-state index contributed by atoms with van der Waals surface area (Å²) in [7, 11) is 0. The molecule has 4 N–H and O–H groups in total. The highest BCUT2D eigenvalue weighted by Gasteiger charge is 2.35. The number of amides is 2. The average Bonchev–Trinajstić information content (AvgIpc) is 3.66. The third-order valence-electron chi connectivity index (χ3n) is 9.88. The molecule has 2 saturated heterocycles. The number of nitrogens with zero attached hydrogens (tertiary/aromatic N) is 4. The second kappa shape index (κ2) is 18.8. The summed E-state index contributed by atoms with van der Waals surface area (Å²) in [6.07, 6.45) is -0.569. The number of hydrogen-bond acceptors (Lipinski definition) is 9. The maximum Gasteiger partial charge on any atom is 0.410 e. The third kappa shape index (κ3) is 11.6. The number of aromatic hydroxyl groups is 1. The van der Waals surface area contributed by atoms with Gasteiger partial charge >= 0.3 is 23.6 Å². The number of aliphatic hydroxyl groups is 1. The summed E-state index contributed by atoms with van der Waals surface area (Å²) in [5.41, 5.74) is 3.51. The Labute approximate surface area is 354 Å². The lowest BCUT2D eigenvalue weighted by Crippen LogP contribution is -2.53. The zero-order valence-corrected chi connectivity index (χ0v) is 35.6. The van der Waals surface area contributed by atoms with Crippen molar-refractivity contribution in [3.63, 3.8) is 0 Å². The van der Waals surface area contributed by atoms with Gasteiger partial charge in [-0.25, -0.2) is 19.2 Å². The lowest BCUT2D eigenvalue weighted by Gasteiger charge is -2.39. The number of benzene rings is 4. The summed E-state index contributed by atoms with van der Waals surface area (Å²) >= 11 is 0. The van der Waals surface area contributed by atoms with Crippen LogP contribution in [0, 0.1) is 11.8 Å². The number of fused-ring (bicyclic) bond motifs is 2. The van der Waals surface area contributed by atoms with Gasteiger partial charge < -0.3 is 44.2 Å². The zero-order chi connectivity index (χ0) is 43.9. The molecular formula is C46H56N6O9. The lowest BCUT2D eigenvalue weighted by atomic mass is 10.0. The molecule has 0 aliphatic carbocycles. The minimum absolute atomic E-state index is 0.0939. The fourth-order valence-corrected chi connectivity index (χ4v) is 6.80. The van der Waals surface area contributed by atoms with Gasteiger partial charge in [-0.2, -0.15) is 0 Å². The number of phenols is 1. The fraction of sp³-hybridized carbons (Fsp3) is 0.391. The molecule has 2 aromatic heterocycles. The highest BCUT2D eigenvalue weighted by molar-refractivity contribution is 5.82. The number of para-hydroxylation sites is 2. The van der Waals surface area contributed by atoms with Crippen molar-refractivity contribution in [2.75, 3.05) is 39.4 Å². The van der Waals surface area contributed by atoms with Crippen molar-refractivity contribution in [1.82, 2.24) is 28.9 Å². The van der Waals surface area contributed by atoms with Crippen LogP contribution in [0.25, 0.3) is 22.1 Å². The Bertz CT molecular complexity index is 2520. The Morgan fingerprint density at radius 2 is 1.07 bits per heavy atom. The molecule has 0 saturated carbocycles. The van der Waals surface area contributed by atoms with Crippen LogP contribution in [0.1, 0.15) is 52.7 Å². The van der Waals surface area contributed by atoms with E-state index in [1.54, 1.807) is 31.1 Å². The van der Waals surface area contributed by atoms with Crippen molar-refractivity contribution in [1.29, 1.82) is 0 Å². The molecule has 0 radical (unpaired) electrons. The monoisotopic (exact) mass is 836 g/mol. The van der Waals surface area contributed by atoms with Crippen LogP contribution in [-0.2, 0) is 22.6 Å². The number of hydrogen-bond donors (Lipinski definition) is 4. The molecule has 2 aliphatic heterocycles. The number of rotatable bonds is 8. The summed E-state index contributed by atoms with van der Waals surface area (Å²) in [6.45, 7) is 15.2. The molecule has 4 aromatic carbocycles. The third-order valence-corrected chi connectivity index (χ3v) is 9.88. The number of H-pyrrole nitrogens is 2. The van der Waals surface area contributed by atoms with Crippen LogP contribution in [0.4, 0.5) is 9.59 Å². The van der Waals surface area contributed by atoms with Crippen LogP contribution in [0.3, 0.4) is 0 Å². The zero-order valence-electron chi connectivity index (χ0n) is 35.6. The lowest BCUT2D eigenvalue weighted by molar-refractivity contribution is -0.0101. The summed E-state index contributed by atoms with van der Waals surface area (Å²) in [4.78, 5) is 56.7. The van der Waals surface area contributed by atoms with E-state index in [-0.39, 0.29) is 47.8 Å². The highest BCUT2D eigenvalue weighted by atomic mass is 16.6. The van der Waals surface area contributed by atoms with E-state index in [0.29, 0.717) is 68.2 Å². The topological polar surface area (TPSA) is 184 Å². The number of likely N-dealkylation sites (tertiary alicyclic amines) is 2. The molecule has 61 heavy (non-hydrogen) atoms. The van der Waals surface area contributed by atoms with Crippen molar-refractivity contribution in [2.24, 2.45) is 11.8 Å². The van der Waals surface area contributed by atoms with Crippen LogP contribution in [0.2, 0.25) is 0 Å². The second-order valence-corrected chi connectivity index (χ2v) is 17.3. The van der Waals surface area contributed by atoms with Gasteiger partial charge in [-0.3, -0.25) is 9.13 Å². The van der Waals surface area contributed by atoms with Gasteiger partial charge in [0.15, 0.2) is 0 Å². The number of aromatic amines is 2. The van der Waals surface area contributed by atoms with E-state index in [4.69, 9.17) is 19.3 Å². The van der Waals surface area contributed by atoms with Crippen LogP contribution < -0.4 is 16.1 Å². The Kier molecular flexibility index (Phi) is 13.6. The predicted octanol–water partition coefficient (Wildman–Crippen LogP) is 6.55. The van der Waals surface area contributed by atoms with Gasteiger partial charge in [-0.05, 0) is 76.9 Å². The molecule has 2 amide bonds. The number of carbonyl (C=O) groups excluding carboxylic acids is 2. The van der Waals surface area contributed by atoms with Crippen molar-refractivity contribution >= 4 is 34.3 Å². The maximum atomic E-state index is 12.5. The van der Waals surface area contributed by atoms with Gasteiger partial charge in [0.05, 0.1) is 30.7 Å². The first kappa shape index (κ1) is 44.1. The molecular weight excluding hydrogens is 781 g/mol. The molecule has 2 fully saturated rings. The quantitative estimate of drug-likeness (QED) is 0.132. The van der Waals surface area contributed by atoms with E-state index < -0.39 is 11.2 Å². The Morgan fingerprint density at radius 3 is 1.54 bits per heavy atom. The summed E-state index contributed by atoms with van der Waals surface area (Å²) in [5, 5.41) is 18.4. The molecule has 0 unspecified atom stereocenters. The van der Waals surface area contributed by atoms with Crippen LogP contribution in [0.5, 0.6) is 11.5 Å². The fourth-order valence-electron chi connectivity index (χ4n) is 6.80. The first-order chi connectivity index (χ1) is 29.0. The Hall–Kier alpha value is -6.48. The van der Waals surface area contributed by atoms with Gasteiger partial charge in [0.2, 0.25) is 0 Å². The van der Waals surface area contributed by atoms with E-state index in [1.807, 2.05) is 126 Å². The SMILES string of the molecule is CC(C)(C)OC(=O)N1CC(CO)C1.CC(C)(C)OC(=O)N1CC(COc2cccc3c2[nH]c(=O)n3Cc2ccccc2)C1.O=c1[nH]c2c(O)cccc2n1Cc1ccccc1. The number of phenolic OH excluding ortho intramolecular Hbond substituents is 1. The van der Waals surface area contributed by atoms with E-state index in [0.717, 1.165) is 16.6 Å². The van der Waals surface area contributed by atoms with E-state index in [9.17, 15) is 24.3 Å². The molecule has 15 heteroatoms. The molecule has 4 heterocycles. The normalized spacial score (nSPS) is 14.3. The number of imidazole rings is 2. The smallest absolute Gasteiger partial charge is 0.410 e.